The number of halogens is 4. The number of hydrogen-bond donors (Lipinski definition) is 1. The fourth-order valence-electron chi connectivity index (χ4n) is 2.88. The van der Waals surface area contributed by atoms with Crippen LogP contribution in [0, 0.1) is 10.1 Å². The molecule has 154 valence electrons. The van der Waals surface area contributed by atoms with E-state index in [2.05, 4.69) is 21.2 Å². The number of anilines is 2. The molecule has 7 nitrogen and oxygen atoms in total. The van der Waals surface area contributed by atoms with E-state index in [1.54, 1.807) is 0 Å². The van der Waals surface area contributed by atoms with Gasteiger partial charge in [0.25, 0.3) is 11.6 Å². The third kappa shape index (κ3) is 4.85. The van der Waals surface area contributed by atoms with E-state index in [-0.39, 0.29) is 21.4 Å². The minimum atomic E-state index is -4.59. The van der Waals surface area contributed by atoms with Crippen LogP contribution in [-0.4, -0.2) is 37.1 Å². The fourth-order valence-corrected chi connectivity index (χ4v) is 3.31. The predicted octanol–water partition coefficient (Wildman–Crippen LogP) is 4.47. The van der Waals surface area contributed by atoms with Crippen molar-refractivity contribution in [3.8, 4) is 0 Å². The van der Waals surface area contributed by atoms with Gasteiger partial charge in [-0.2, -0.15) is 13.2 Å². The second-order valence-corrected chi connectivity index (χ2v) is 7.06. The molecule has 1 aliphatic rings. The lowest BCUT2D eigenvalue weighted by atomic mass is 10.1. The Morgan fingerprint density at radius 3 is 2.48 bits per heavy atom. The Hall–Kier alpha value is -2.66. The largest absolute Gasteiger partial charge is 0.416 e. The highest BCUT2D eigenvalue weighted by molar-refractivity contribution is 9.10. The third-order valence-corrected chi connectivity index (χ3v) is 5.02. The van der Waals surface area contributed by atoms with Gasteiger partial charge in [0.15, 0.2) is 0 Å². The molecule has 0 bridgehead atoms. The molecule has 0 aliphatic carbocycles. The van der Waals surface area contributed by atoms with Crippen molar-refractivity contribution in [2.75, 3.05) is 36.5 Å². The Labute approximate surface area is 171 Å². The molecule has 1 saturated heterocycles. The molecule has 0 radical (unpaired) electrons. The van der Waals surface area contributed by atoms with E-state index in [1.807, 2.05) is 4.90 Å². The number of rotatable bonds is 4. The Kier molecular flexibility index (Phi) is 6.08. The molecule has 1 heterocycles. The first-order valence-electron chi connectivity index (χ1n) is 8.46. The van der Waals surface area contributed by atoms with Gasteiger partial charge < -0.3 is 15.0 Å². The molecule has 1 fully saturated rings. The highest BCUT2D eigenvalue weighted by Crippen LogP contribution is 2.36. The van der Waals surface area contributed by atoms with Gasteiger partial charge in [-0.15, -0.1) is 0 Å². The number of carbonyl (C=O) groups is 1. The van der Waals surface area contributed by atoms with Crippen LogP contribution >= 0.6 is 15.9 Å². The lowest BCUT2D eigenvalue weighted by Crippen LogP contribution is -2.36. The van der Waals surface area contributed by atoms with Crippen molar-refractivity contribution in [3.63, 3.8) is 0 Å². The van der Waals surface area contributed by atoms with Crippen LogP contribution in [0.25, 0.3) is 0 Å². The first-order valence-corrected chi connectivity index (χ1v) is 9.25. The fraction of sp³-hybridized carbons (Fsp3) is 0.278. The van der Waals surface area contributed by atoms with Gasteiger partial charge in [-0.3, -0.25) is 14.9 Å². The van der Waals surface area contributed by atoms with E-state index in [4.69, 9.17) is 4.74 Å². The summed E-state index contributed by atoms with van der Waals surface area (Å²) in [7, 11) is 0. The quantitative estimate of drug-likeness (QED) is 0.523. The SMILES string of the molecule is O=C(Nc1cc(C(F)(F)F)ccc1N1CCOCC1)c1cc([N+](=O)[O-])ccc1Br. The number of benzene rings is 2. The van der Waals surface area contributed by atoms with E-state index in [0.717, 1.165) is 18.2 Å². The summed E-state index contributed by atoms with van der Waals surface area (Å²) in [4.78, 5) is 24.8. The van der Waals surface area contributed by atoms with Crippen molar-refractivity contribution in [1.82, 2.24) is 0 Å². The Morgan fingerprint density at radius 2 is 1.86 bits per heavy atom. The molecule has 1 amide bonds. The zero-order chi connectivity index (χ0) is 21.2. The van der Waals surface area contributed by atoms with Gasteiger partial charge in [0.1, 0.15) is 0 Å². The smallest absolute Gasteiger partial charge is 0.378 e. The molecule has 0 spiro atoms. The average molecular weight is 474 g/mol. The van der Waals surface area contributed by atoms with Gasteiger partial charge in [-0.25, -0.2) is 0 Å². The highest BCUT2D eigenvalue weighted by atomic mass is 79.9. The number of nitro groups is 1. The number of nitrogens with zero attached hydrogens (tertiary/aromatic N) is 2. The summed E-state index contributed by atoms with van der Waals surface area (Å²) in [5.41, 5.74) is -0.912. The number of non-ortho nitro benzene ring substituents is 1. The summed E-state index contributed by atoms with van der Waals surface area (Å²) in [6, 6.07) is 6.71. The van der Waals surface area contributed by atoms with Gasteiger partial charge in [0, 0.05) is 29.7 Å². The normalized spacial score (nSPS) is 14.6. The summed E-state index contributed by atoms with van der Waals surface area (Å²) in [6.45, 7) is 1.72. The number of nitro benzene ring substituents is 1. The van der Waals surface area contributed by atoms with E-state index >= 15 is 0 Å². The zero-order valence-corrected chi connectivity index (χ0v) is 16.4. The molecule has 1 aliphatic heterocycles. The lowest BCUT2D eigenvalue weighted by Gasteiger charge is -2.31. The molecule has 2 aromatic rings. The Bertz CT molecular complexity index is 946. The van der Waals surface area contributed by atoms with E-state index in [9.17, 15) is 28.1 Å². The number of alkyl halides is 3. The Morgan fingerprint density at radius 1 is 1.17 bits per heavy atom. The van der Waals surface area contributed by atoms with Gasteiger partial charge in [0.2, 0.25) is 0 Å². The molecule has 1 N–H and O–H groups in total. The van der Waals surface area contributed by atoms with Crippen LogP contribution in [0.5, 0.6) is 0 Å². The van der Waals surface area contributed by atoms with E-state index < -0.39 is 22.6 Å². The average Bonchev–Trinajstić information content (AvgIpc) is 2.68. The van der Waals surface area contributed by atoms with Crippen molar-refractivity contribution >= 4 is 38.9 Å². The van der Waals surface area contributed by atoms with Crippen LogP contribution in [0.1, 0.15) is 15.9 Å². The minimum absolute atomic E-state index is 0.0369. The van der Waals surface area contributed by atoms with Gasteiger partial charge in [0.05, 0.1) is 40.6 Å². The van der Waals surface area contributed by atoms with Crippen LogP contribution in [0.4, 0.5) is 30.2 Å². The van der Waals surface area contributed by atoms with Crippen LogP contribution in [0.3, 0.4) is 0 Å². The maximum atomic E-state index is 13.2. The molecule has 0 atom stereocenters. The van der Waals surface area contributed by atoms with Crippen LogP contribution < -0.4 is 10.2 Å². The third-order valence-electron chi connectivity index (χ3n) is 4.33. The van der Waals surface area contributed by atoms with Crippen LogP contribution in [-0.2, 0) is 10.9 Å². The first kappa shape index (κ1) is 21.1. The monoisotopic (exact) mass is 473 g/mol. The summed E-state index contributed by atoms with van der Waals surface area (Å²) in [6.07, 6.45) is -4.59. The van der Waals surface area contributed by atoms with Gasteiger partial charge >= 0.3 is 6.18 Å². The number of ether oxygens (including phenoxy) is 1. The second-order valence-electron chi connectivity index (χ2n) is 6.20. The number of amides is 1. The number of hydrogen-bond acceptors (Lipinski definition) is 5. The summed E-state index contributed by atoms with van der Waals surface area (Å²) < 4.78 is 45.1. The summed E-state index contributed by atoms with van der Waals surface area (Å²) in [5, 5.41) is 13.4. The first-order chi connectivity index (χ1) is 13.7. The highest BCUT2D eigenvalue weighted by Gasteiger charge is 2.32. The molecular formula is C18H15BrF3N3O4. The molecule has 29 heavy (non-hydrogen) atoms. The molecule has 11 heteroatoms. The zero-order valence-electron chi connectivity index (χ0n) is 14.8. The maximum absolute atomic E-state index is 13.2. The minimum Gasteiger partial charge on any atom is -0.378 e. The van der Waals surface area contributed by atoms with Crippen molar-refractivity contribution in [2.45, 2.75) is 6.18 Å². The number of carbonyl (C=O) groups excluding carboxylic acids is 1. The van der Waals surface area contributed by atoms with Gasteiger partial charge in [-0.05, 0) is 40.2 Å². The Balaban J connectivity index is 1.98. The number of nitrogens with one attached hydrogen (secondary N) is 1. The number of morpholine rings is 1. The molecule has 0 saturated carbocycles. The van der Waals surface area contributed by atoms with Crippen LogP contribution in [0.15, 0.2) is 40.9 Å². The predicted molar refractivity (Wildman–Crippen MR) is 103 cm³/mol. The molecule has 0 aromatic heterocycles. The maximum Gasteiger partial charge on any atom is 0.416 e. The summed E-state index contributed by atoms with van der Waals surface area (Å²) >= 11 is 3.14. The molecule has 3 rings (SSSR count). The van der Waals surface area contributed by atoms with Crippen molar-refractivity contribution in [3.05, 3.63) is 62.1 Å². The van der Waals surface area contributed by atoms with Crippen molar-refractivity contribution < 1.29 is 27.6 Å². The standard InChI is InChI=1S/C18H15BrF3N3O4/c19-14-3-2-12(25(27)28)10-13(14)17(26)23-15-9-11(18(20,21)22)1-4-16(15)24-5-7-29-8-6-24/h1-4,9-10H,5-8H2,(H,23,26). The van der Waals surface area contributed by atoms with Crippen molar-refractivity contribution in [1.29, 1.82) is 0 Å². The van der Waals surface area contributed by atoms with Crippen molar-refractivity contribution in [2.24, 2.45) is 0 Å². The van der Waals surface area contributed by atoms with Gasteiger partial charge in [-0.1, -0.05) is 0 Å². The topological polar surface area (TPSA) is 84.7 Å². The van der Waals surface area contributed by atoms with E-state index in [1.165, 1.54) is 18.2 Å². The molecule has 2 aromatic carbocycles. The lowest BCUT2D eigenvalue weighted by molar-refractivity contribution is -0.384. The summed E-state index contributed by atoms with van der Waals surface area (Å²) in [5.74, 6) is -0.769. The van der Waals surface area contributed by atoms with Crippen LogP contribution in [0.2, 0.25) is 0 Å². The molecule has 0 unspecified atom stereocenters. The molecular weight excluding hydrogens is 459 g/mol. The van der Waals surface area contributed by atoms with E-state index in [0.29, 0.717) is 32.0 Å². The second kappa shape index (κ2) is 8.37.